The number of allylic oxidation sites excluding steroid dienone is 2. The topological polar surface area (TPSA) is 64.6 Å². The summed E-state index contributed by atoms with van der Waals surface area (Å²) in [7, 11) is 0. The van der Waals surface area contributed by atoms with E-state index in [9.17, 15) is 9.59 Å². The molecule has 0 bridgehead atoms. The van der Waals surface area contributed by atoms with E-state index in [1.54, 1.807) is 0 Å². The maximum absolute atomic E-state index is 12.7. The third-order valence-corrected chi connectivity index (χ3v) is 4.75. The number of hydrogen-bond donors (Lipinski definition) is 1. The van der Waals surface area contributed by atoms with Crippen molar-refractivity contribution in [3.63, 3.8) is 0 Å². The number of carbonyl (C=O) groups excluding carboxylic acids is 2. The summed E-state index contributed by atoms with van der Waals surface area (Å²) in [5, 5.41) is 2.92. The van der Waals surface area contributed by atoms with E-state index in [0.29, 0.717) is 24.3 Å². The van der Waals surface area contributed by atoms with Crippen LogP contribution in [0.2, 0.25) is 0 Å². The molecule has 4 rings (SSSR count). The van der Waals surface area contributed by atoms with E-state index in [2.05, 4.69) is 19.2 Å². The summed E-state index contributed by atoms with van der Waals surface area (Å²) >= 11 is 0. The number of fused-ring (bicyclic) bond motifs is 1. The lowest BCUT2D eigenvalue weighted by Crippen LogP contribution is -2.40. The van der Waals surface area contributed by atoms with E-state index in [0.717, 1.165) is 23.3 Å². The molecule has 3 aliphatic rings. The van der Waals surface area contributed by atoms with Crippen LogP contribution in [0, 0.1) is 5.41 Å². The Balaban J connectivity index is 1.78. The van der Waals surface area contributed by atoms with Gasteiger partial charge in [0.15, 0.2) is 17.3 Å². The van der Waals surface area contributed by atoms with Crippen molar-refractivity contribution in [1.82, 2.24) is 5.32 Å². The second-order valence-corrected chi connectivity index (χ2v) is 7.25. The van der Waals surface area contributed by atoms with Crippen molar-refractivity contribution in [2.75, 3.05) is 6.79 Å². The summed E-state index contributed by atoms with van der Waals surface area (Å²) in [5.41, 5.74) is 2.39. The van der Waals surface area contributed by atoms with Crippen molar-refractivity contribution in [1.29, 1.82) is 0 Å². The third kappa shape index (κ3) is 2.40. The molecule has 23 heavy (non-hydrogen) atoms. The van der Waals surface area contributed by atoms with E-state index < -0.39 is 0 Å². The summed E-state index contributed by atoms with van der Waals surface area (Å²) in [4.78, 5) is 24.8. The highest BCUT2D eigenvalue weighted by Gasteiger charge is 2.40. The van der Waals surface area contributed by atoms with Crippen molar-refractivity contribution in [3.05, 3.63) is 35.0 Å². The van der Waals surface area contributed by atoms with Crippen LogP contribution in [-0.4, -0.2) is 18.5 Å². The van der Waals surface area contributed by atoms with Crippen LogP contribution in [-0.2, 0) is 9.59 Å². The van der Waals surface area contributed by atoms with Gasteiger partial charge in [-0.05, 0) is 29.5 Å². The van der Waals surface area contributed by atoms with Gasteiger partial charge in [-0.25, -0.2) is 0 Å². The Morgan fingerprint density at radius 2 is 1.91 bits per heavy atom. The molecule has 1 atom stereocenters. The van der Waals surface area contributed by atoms with Gasteiger partial charge >= 0.3 is 0 Å². The minimum absolute atomic E-state index is 0.0306. The number of ether oxygens (including phenoxy) is 2. The number of Topliss-reactive ketones (excluding diaryl/α,β-unsaturated/α-hetero) is 1. The van der Waals surface area contributed by atoms with Crippen LogP contribution in [0.15, 0.2) is 29.5 Å². The first-order valence-electron chi connectivity index (χ1n) is 7.89. The van der Waals surface area contributed by atoms with Gasteiger partial charge in [-0.15, -0.1) is 0 Å². The molecule has 0 aromatic heterocycles. The van der Waals surface area contributed by atoms with Gasteiger partial charge in [0.1, 0.15) is 0 Å². The predicted molar refractivity (Wildman–Crippen MR) is 83.1 cm³/mol. The molecule has 1 amide bonds. The number of benzene rings is 1. The van der Waals surface area contributed by atoms with E-state index >= 15 is 0 Å². The van der Waals surface area contributed by atoms with Gasteiger partial charge in [0.05, 0.1) is 0 Å². The molecule has 0 spiro atoms. The zero-order valence-electron chi connectivity index (χ0n) is 13.3. The molecule has 0 saturated heterocycles. The number of nitrogens with one attached hydrogen (secondary N) is 1. The summed E-state index contributed by atoms with van der Waals surface area (Å²) < 4.78 is 10.8. The van der Waals surface area contributed by atoms with Crippen molar-refractivity contribution >= 4 is 11.7 Å². The average Bonchev–Trinajstić information content (AvgIpc) is 2.91. The molecule has 2 heterocycles. The number of ketones is 1. The Morgan fingerprint density at radius 1 is 1.13 bits per heavy atom. The lowest BCUT2D eigenvalue weighted by Gasteiger charge is -2.37. The van der Waals surface area contributed by atoms with Crippen LogP contribution in [0.5, 0.6) is 11.5 Å². The van der Waals surface area contributed by atoms with Crippen molar-refractivity contribution in [3.8, 4) is 11.5 Å². The summed E-state index contributed by atoms with van der Waals surface area (Å²) in [6.45, 7) is 4.33. The Morgan fingerprint density at radius 3 is 2.74 bits per heavy atom. The van der Waals surface area contributed by atoms with Crippen molar-refractivity contribution in [2.24, 2.45) is 5.41 Å². The third-order valence-electron chi connectivity index (χ3n) is 4.75. The zero-order chi connectivity index (χ0) is 16.2. The fourth-order valence-corrected chi connectivity index (χ4v) is 3.77. The van der Waals surface area contributed by atoms with Crippen molar-refractivity contribution < 1.29 is 19.1 Å². The van der Waals surface area contributed by atoms with Gasteiger partial charge in [-0.3, -0.25) is 9.59 Å². The molecule has 0 radical (unpaired) electrons. The maximum atomic E-state index is 12.7. The SMILES string of the molecule is CC1(C)CC(=O)C2=C(C1)NC(=O)C[C@@H]2c1ccc2c(c1)OCO2. The maximum Gasteiger partial charge on any atom is 0.231 e. The number of rotatable bonds is 1. The van der Waals surface area contributed by atoms with E-state index in [1.807, 2.05) is 18.2 Å². The van der Waals surface area contributed by atoms with E-state index in [4.69, 9.17) is 9.47 Å². The fraction of sp³-hybridized carbons (Fsp3) is 0.444. The Bertz CT molecular complexity index is 747. The minimum atomic E-state index is -0.197. The second kappa shape index (κ2) is 4.85. The highest BCUT2D eigenvalue weighted by atomic mass is 16.7. The molecule has 0 unspecified atom stereocenters. The molecule has 0 saturated carbocycles. The van der Waals surface area contributed by atoms with Gasteiger partial charge in [0.25, 0.3) is 0 Å². The fourth-order valence-electron chi connectivity index (χ4n) is 3.77. The Hall–Kier alpha value is -2.30. The molecule has 0 fully saturated rings. The van der Waals surface area contributed by atoms with Crippen LogP contribution < -0.4 is 14.8 Å². The first-order valence-corrected chi connectivity index (χ1v) is 7.89. The second-order valence-electron chi connectivity index (χ2n) is 7.25. The van der Waals surface area contributed by atoms with Crippen LogP contribution in [0.4, 0.5) is 0 Å². The van der Waals surface area contributed by atoms with Crippen molar-refractivity contribution in [2.45, 2.75) is 39.0 Å². The molecular weight excluding hydrogens is 294 g/mol. The smallest absolute Gasteiger partial charge is 0.231 e. The van der Waals surface area contributed by atoms with Gasteiger partial charge < -0.3 is 14.8 Å². The molecule has 1 N–H and O–H groups in total. The quantitative estimate of drug-likeness (QED) is 0.865. The van der Waals surface area contributed by atoms with Crippen LogP contribution >= 0.6 is 0 Å². The normalized spacial score (nSPS) is 25.2. The van der Waals surface area contributed by atoms with Gasteiger partial charge in [0.2, 0.25) is 12.7 Å². The number of amides is 1. The molecule has 5 nitrogen and oxygen atoms in total. The van der Waals surface area contributed by atoms with Crippen LogP contribution in [0.25, 0.3) is 0 Å². The molecule has 2 aliphatic heterocycles. The monoisotopic (exact) mass is 313 g/mol. The number of hydrogen-bond acceptors (Lipinski definition) is 4. The summed E-state index contributed by atoms with van der Waals surface area (Å²) in [6, 6.07) is 5.67. The largest absolute Gasteiger partial charge is 0.454 e. The lowest BCUT2D eigenvalue weighted by molar-refractivity contribution is -0.122. The van der Waals surface area contributed by atoms with Gasteiger partial charge in [0, 0.05) is 30.0 Å². The van der Waals surface area contributed by atoms with E-state index in [1.165, 1.54) is 0 Å². The molecule has 5 heteroatoms. The average molecular weight is 313 g/mol. The van der Waals surface area contributed by atoms with Gasteiger partial charge in [-0.2, -0.15) is 0 Å². The molecule has 1 aliphatic carbocycles. The number of carbonyl (C=O) groups is 2. The van der Waals surface area contributed by atoms with Gasteiger partial charge in [-0.1, -0.05) is 19.9 Å². The summed E-state index contributed by atoms with van der Waals surface area (Å²) in [6.07, 6.45) is 1.54. The zero-order valence-corrected chi connectivity index (χ0v) is 13.3. The lowest BCUT2D eigenvalue weighted by atomic mass is 9.70. The minimum Gasteiger partial charge on any atom is -0.454 e. The standard InChI is InChI=1S/C18H19NO4/c1-18(2)7-12-17(13(20)8-18)11(6-16(21)19-12)10-3-4-14-15(5-10)23-9-22-14/h3-5,11H,6-9H2,1-2H3,(H,19,21)/t11-/m1/s1. The summed E-state index contributed by atoms with van der Waals surface area (Å²) in [5.74, 6) is 1.30. The molecular formula is C18H19NO4. The highest BCUT2D eigenvalue weighted by Crippen LogP contribution is 2.45. The molecule has 120 valence electrons. The highest BCUT2D eigenvalue weighted by molar-refractivity contribution is 6.02. The predicted octanol–water partition coefficient (Wildman–Crippen LogP) is 2.66. The first-order chi connectivity index (χ1) is 10.9. The molecule has 1 aromatic carbocycles. The molecule has 1 aromatic rings. The van der Waals surface area contributed by atoms with Crippen LogP contribution in [0.3, 0.4) is 0 Å². The van der Waals surface area contributed by atoms with E-state index in [-0.39, 0.29) is 29.8 Å². The Labute approximate surface area is 134 Å². The van der Waals surface area contributed by atoms with Crippen LogP contribution in [0.1, 0.15) is 44.6 Å². The first kappa shape index (κ1) is 14.3. The Kier molecular flexibility index (Phi) is 3.01.